The number of nitrogens with two attached hydrogens (primary N) is 1. The highest BCUT2D eigenvalue weighted by Crippen LogP contribution is 2.11. The molecule has 0 heterocycles. The molecule has 1 aliphatic carbocycles. The molecule has 0 aromatic rings. The molecule has 52 valence electrons. The summed E-state index contributed by atoms with van der Waals surface area (Å²) in [6.07, 6.45) is 2.78. The Morgan fingerprint density at radius 3 is 2.44 bits per heavy atom. The van der Waals surface area contributed by atoms with E-state index in [4.69, 9.17) is 15.6 Å². The van der Waals surface area contributed by atoms with E-state index in [-0.39, 0.29) is 12.1 Å². The average Bonchev–Trinajstić information content (AvgIpc) is 2.15. The number of hydrogen-bond acceptors (Lipinski definition) is 3. The maximum atomic E-state index is 9.01. The zero-order valence-electron chi connectivity index (χ0n) is 5.32. The van der Waals surface area contributed by atoms with Gasteiger partial charge in [-0.1, -0.05) is 12.2 Å². The van der Waals surface area contributed by atoms with Crippen molar-refractivity contribution in [2.24, 2.45) is 5.73 Å². The summed E-state index contributed by atoms with van der Waals surface area (Å²) in [7, 11) is 1.58. The number of methoxy groups -OCH3 is 1. The van der Waals surface area contributed by atoms with E-state index < -0.39 is 6.10 Å². The van der Waals surface area contributed by atoms with Gasteiger partial charge in [0, 0.05) is 7.11 Å². The molecule has 3 nitrogen and oxygen atoms in total. The summed E-state index contributed by atoms with van der Waals surface area (Å²) < 4.78 is 4.92. The molecule has 0 aromatic heterocycles. The Hall–Kier alpha value is -0.380. The fraction of sp³-hybridized carbons (Fsp3) is 0.667. The van der Waals surface area contributed by atoms with Gasteiger partial charge in [0.05, 0.1) is 18.2 Å². The lowest BCUT2D eigenvalue weighted by Gasteiger charge is -2.14. The van der Waals surface area contributed by atoms with Gasteiger partial charge in [0.15, 0.2) is 0 Å². The third-order valence-corrected chi connectivity index (χ3v) is 1.54. The van der Waals surface area contributed by atoms with Crippen molar-refractivity contribution < 1.29 is 9.84 Å². The highest BCUT2D eigenvalue weighted by Gasteiger charge is 2.25. The van der Waals surface area contributed by atoms with Crippen molar-refractivity contribution in [2.45, 2.75) is 18.2 Å². The second-order valence-electron chi connectivity index (χ2n) is 2.15. The van der Waals surface area contributed by atoms with Crippen molar-refractivity contribution in [1.82, 2.24) is 0 Å². The summed E-state index contributed by atoms with van der Waals surface area (Å²) in [6.45, 7) is 0. The standard InChI is InChI=1S/C6H11NO2/c1-9-5-3-2-4(8)6(5)7/h2-6,8H,7H2,1H3/t4-,5+,6+/m1/s1. The van der Waals surface area contributed by atoms with E-state index in [1.807, 2.05) is 0 Å². The van der Waals surface area contributed by atoms with Crippen LogP contribution in [-0.4, -0.2) is 30.5 Å². The lowest BCUT2D eigenvalue weighted by atomic mass is 10.2. The molecule has 0 aromatic carbocycles. The summed E-state index contributed by atoms with van der Waals surface area (Å²) in [5.41, 5.74) is 5.50. The van der Waals surface area contributed by atoms with Crippen LogP contribution in [-0.2, 0) is 4.74 Å². The molecule has 0 spiro atoms. The van der Waals surface area contributed by atoms with Crippen molar-refractivity contribution >= 4 is 0 Å². The van der Waals surface area contributed by atoms with E-state index >= 15 is 0 Å². The monoisotopic (exact) mass is 129 g/mol. The zero-order valence-corrected chi connectivity index (χ0v) is 5.32. The number of rotatable bonds is 1. The minimum atomic E-state index is -0.532. The summed E-state index contributed by atoms with van der Waals surface area (Å²) in [5, 5.41) is 9.01. The molecule has 1 aliphatic rings. The van der Waals surface area contributed by atoms with Crippen LogP contribution in [0.3, 0.4) is 0 Å². The Bertz CT molecular complexity index is 124. The largest absolute Gasteiger partial charge is 0.387 e. The van der Waals surface area contributed by atoms with Gasteiger partial charge in [-0.25, -0.2) is 0 Å². The van der Waals surface area contributed by atoms with Crippen LogP contribution in [0.5, 0.6) is 0 Å². The summed E-state index contributed by atoms with van der Waals surface area (Å²) in [5.74, 6) is 0. The minimum absolute atomic E-state index is 0.111. The first-order valence-corrected chi connectivity index (χ1v) is 2.90. The molecule has 9 heavy (non-hydrogen) atoms. The third-order valence-electron chi connectivity index (χ3n) is 1.54. The fourth-order valence-corrected chi connectivity index (χ4v) is 0.910. The summed E-state index contributed by atoms with van der Waals surface area (Å²) in [6, 6.07) is -0.282. The SMILES string of the molecule is CO[C@H]1C=C[C@@H](O)[C@@H]1N. The van der Waals surface area contributed by atoms with E-state index in [2.05, 4.69) is 0 Å². The Morgan fingerprint density at radius 2 is 2.22 bits per heavy atom. The van der Waals surface area contributed by atoms with Crippen molar-refractivity contribution in [3.05, 3.63) is 12.2 Å². The Labute approximate surface area is 54.1 Å². The molecule has 1 rings (SSSR count). The Balaban J connectivity index is 2.51. The Kier molecular flexibility index (Phi) is 1.85. The van der Waals surface area contributed by atoms with Gasteiger partial charge in [-0.15, -0.1) is 0 Å². The molecule has 0 saturated carbocycles. The van der Waals surface area contributed by atoms with Gasteiger partial charge in [0.1, 0.15) is 0 Å². The molecular weight excluding hydrogens is 118 g/mol. The summed E-state index contributed by atoms with van der Waals surface area (Å²) in [4.78, 5) is 0. The maximum absolute atomic E-state index is 9.01. The van der Waals surface area contributed by atoms with Crippen molar-refractivity contribution in [2.75, 3.05) is 7.11 Å². The first-order chi connectivity index (χ1) is 4.25. The second-order valence-corrected chi connectivity index (χ2v) is 2.15. The zero-order chi connectivity index (χ0) is 6.85. The highest BCUT2D eigenvalue weighted by atomic mass is 16.5. The molecule has 0 fully saturated rings. The van der Waals surface area contributed by atoms with Crippen LogP contribution in [0.25, 0.3) is 0 Å². The highest BCUT2D eigenvalue weighted by molar-refractivity contribution is 5.11. The van der Waals surface area contributed by atoms with Crippen LogP contribution < -0.4 is 5.73 Å². The summed E-state index contributed by atoms with van der Waals surface area (Å²) >= 11 is 0. The van der Waals surface area contributed by atoms with Crippen LogP contribution in [0.4, 0.5) is 0 Å². The molecule has 3 atom stereocenters. The van der Waals surface area contributed by atoms with Crippen LogP contribution >= 0.6 is 0 Å². The first-order valence-electron chi connectivity index (χ1n) is 2.90. The molecule has 0 amide bonds. The van der Waals surface area contributed by atoms with Crippen LogP contribution in [0.1, 0.15) is 0 Å². The van der Waals surface area contributed by atoms with Crippen LogP contribution in [0, 0.1) is 0 Å². The number of aliphatic hydroxyl groups excluding tert-OH is 1. The van der Waals surface area contributed by atoms with Gasteiger partial charge in [-0.2, -0.15) is 0 Å². The molecule has 0 radical (unpaired) electrons. The predicted octanol–water partition coefficient (Wildman–Crippen LogP) is -0.741. The van der Waals surface area contributed by atoms with Crippen LogP contribution in [0.2, 0.25) is 0 Å². The third kappa shape index (κ3) is 1.13. The van der Waals surface area contributed by atoms with Crippen LogP contribution in [0.15, 0.2) is 12.2 Å². The van der Waals surface area contributed by atoms with E-state index in [1.165, 1.54) is 0 Å². The Morgan fingerprint density at radius 1 is 1.56 bits per heavy atom. The topological polar surface area (TPSA) is 55.5 Å². The van der Waals surface area contributed by atoms with Gasteiger partial charge in [-0.3, -0.25) is 0 Å². The van der Waals surface area contributed by atoms with E-state index in [0.717, 1.165) is 0 Å². The quantitative estimate of drug-likeness (QED) is 0.458. The van der Waals surface area contributed by atoms with E-state index in [0.29, 0.717) is 0 Å². The maximum Gasteiger partial charge on any atom is 0.0932 e. The fourth-order valence-electron chi connectivity index (χ4n) is 0.910. The van der Waals surface area contributed by atoms with Gasteiger partial charge in [-0.05, 0) is 0 Å². The average molecular weight is 129 g/mol. The molecule has 3 N–H and O–H groups in total. The predicted molar refractivity (Wildman–Crippen MR) is 33.9 cm³/mol. The van der Waals surface area contributed by atoms with Crippen molar-refractivity contribution in [3.63, 3.8) is 0 Å². The second kappa shape index (κ2) is 2.47. The molecular formula is C6H11NO2. The van der Waals surface area contributed by atoms with E-state index in [9.17, 15) is 0 Å². The lowest BCUT2D eigenvalue weighted by molar-refractivity contribution is 0.0845. The normalized spacial score (nSPS) is 41.9. The number of ether oxygens (including phenoxy) is 1. The lowest BCUT2D eigenvalue weighted by Crippen LogP contribution is -2.39. The van der Waals surface area contributed by atoms with Gasteiger partial charge < -0.3 is 15.6 Å². The van der Waals surface area contributed by atoms with E-state index in [1.54, 1.807) is 19.3 Å². The molecule has 0 saturated heterocycles. The van der Waals surface area contributed by atoms with Gasteiger partial charge in [0.25, 0.3) is 0 Å². The molecule has 3 heteroatoms. The van der Waals surface area contributed by atoms with Gasteiger partial charge >= 0.3 is 0 Å². The molecule has 0 aliphatic heterocycles. The smallest absolute Gasteiger partial charge is 0.0932 e. The first kappa shape index (κ1) is 6.74. The molecule has 0 unspecified atom stereocenters. The van der Waals surface area contributed by atoms with Crippen molar-refractivity contribution in [1.29, 1.82) is 0 Å². The van der Waals surface area contributed by atoms with Gasteiger partial charge in [0.2, 0.25) is 0 Å². The minimum Gasteiger partial charge on any atom is -0.387 e. The molecule has 0 bridgehead atoms. The number of aliphatic hydroxyl groups is 1. The number of hydrogen-bond donors (Lipinski definition) is 2. The van der Waals surface area contributed by atoms with Crippen molar-refractivity contribution in [3.8, 4) is 0 Å².